The number of thioether (sulfide) groups is 1. The van der Waals surface area contributed by atoms with E-state index in [1.54, 1.807) is 24.3 Å². The molecule has 2 N–H and O–H groups in total. The number of nitrogens with one attached hydrogen (secondary N) is 2. The molecule has 0 saturated carbocycles. The van der Waals surface area contributed by atoms with Gasteiger partial charge in [-0.3, -0.25) is 9.59 Å². The lowest BCUT2D eigenvalue weighted by Crippen LogP contribution is -2.47. The summed E-state index contributed by atoms with van der Waals surface area (Å²) in [7, 11) is -3.15. The third-order valence-corrected chi connectivity index (χ3v) is 7.04. The second-order valence-corrected chi connectivity index (χ2v) is 9.77. The van der Waals surface area contributed by atoms with E-state index in [0.29, 0.717) is 23.1 Å². The number of rotatable bonds is 6. The van der Waals surface area contributed by atoms with Gasteiger partial charge in [0.15, 0.2) is 9.84 Å². The highest BCUT2D eigenvalue weighted by Gasteiger charge is 2.32. The van der Waals surface area contributed by atoms with E-state index in [1.807, 2.05) is 6.26 Å². The molecule has 1 aromatic heterocycles. The van der Waals surface area contributed by atoms with E-state index >= 15 is 0 Å². The minimum Gasteiger partial charge on any atom is -0.351 e. The second-order valence-electron chi connectivity index (χ2n) is 6.56. The van der Waals surface area contributed by atoms with Crippen molar-refractivity contribution in [1.82, 2.24) is 14.9 Å². The first-order valence-electron chi connectivity index (χ1n) is 8.55. The summed E-state index contributed by atoms with van der Waals surface area (Å²) in [6, 6.07) is 5.13. The maximum absolute atomic E-state index is 12.9. The van der Waals surface area contributed by atoms with Gasteiger partial charge in [-0.15, -0.1) is 0 Å². The first-order chi connectivity index (χ1) is 12.8. The summed E-state index contributed by atoms with van der Waals surface area (Å²) in [5.74, 6) is -0.0188. The second kappa shape index (κ2) is 7.89. The predicted octanol–water partition coefficient (Wildman–Crippen LogP) is 0.287. The highest BCUT2D eigenvalue weighted by Crippen LogP contribution is 2.16. The van der Waals surface area contributed by atoms with Gasteiger partial charge >= 0.3 is 5.69 Å². The number of aromatic amines is 1. The lowest BCUT2D eigenvalue weighted by molar-refractivity contribution is -0.125. The SMILES string of the molecule is CSCCC(C(=O)NC1CCS(=O)(=O)C1)n1c(=O)[nH]c2ccccc2c1=O. The molecule has 1 aliphatic rings. The number of hydrogen-bond acceptors (Lipinski definition) is 6. The number of hydrogen-bond donors (Lipinski definition) is 2. The molecule has 1 aliphatic heterocycles. The van der Waals surface area contributed by atoms with Gasteiger partial charge in [-0.05, 0) is 37.0 Å². The zero-order valence-electron chi connectivity index (χ0n) is 14.8. The molecule has 2 atom stereocenters. The summed E-state index contributed by atoms with van der Waals surface area (Å²) in [5.41, 5.74) is -0.775. The first-order valence-corrected chi connectivity index (χ1v) is 11.8. The molecule has 0 bridgehead atoms. The summed E-state index contributed by atoms with van der Waals surface area (Å²) in [5, 5.41) is 3.03. The lowest BCUT2D eigenvalue weighted by atomic mass is 10.1. The van der Waals surface area contributed by atoms with Gasteiger partial charge in [0, 0.05) is 6.04 Å². The summed E-state index contributed by atoms with van der Waals surface area (Å²) in [4.78, 5) is 40.9. The fraction of sp³-hybridized carbons (Fsp3) is 0.471. The number of H-pyrrole nitrogens is 1. The molecular formula is C17H21N3O5S2. The molecule has 2 aromatic rings. The summed E-state index contributed by atoms with van der Waals surface area (Å²) in [6.07, 6.45) is 2.49. The third kappa shape index (κ3) is 4.27. The fourth-order valence-electron chi connectivity index (χ4n) is 3.27. The Morgan fingerprint density at radius 3 is 2.78 bits per heavy atom. The van der Waals surface area contributed by atoms with Crippen LogP contribution in [0.1, 0.15) is 18.9 Å². The van der Waals surface area contributed by atoms with E-state index in [4.69, 9.17) is 0 Å². The Morgan fingerprint density at radius 2 is 2.11 bits per heavy atom. The molecule has 10 heteroatoms. The van der Waals surface area contributed by atoms with Gasteiger partial charge in [0.1, 0.15) is 6.04 Å². The van der Waals surface area contributed by atoms with Crippen molar-refractivity contribution in [3.8, 4) is 0 Å². The molecular weight excluding hydrogens is 390 g/mol. The number of sulfone groups is 1. The van der Waals surface area contributed by atoms with Gasteiger partial charge in [0.05, 0.1) is 22.4 Å². The van der Waals surface area contributed by atoms with Crippen LogP contribution in [0.4, 0.5) is 0 Å². The number of nitrogens with zero attached hydrogens (tertiary/aromatic N) is 1. The molecule has 27 heavy (non-hydrogen) atoms. The third-order valence-electron chi connectivity index (χ3n) is 4.63. The van der Waals surface area contributed by atoms with Crippen LogP contribution >= 0.6 is 11.8 Å². The van der Waals surface area contributed by atoms with Crippen LogP contribution < -0.4 is 16.6 Å². The van der Waals surface area contributed by atoms with Crippen LogP contribution in [0.2, 0.25) is 0 Å². The maximum atomic E-state index is 12.9. The molecule has 0 radical (unpaired) electrons. The van der Waals surface area contributed by atoms with Crippen LogP contribution in [-0.2, 0) is 14.6 Å². The molecule has 146 valence electrons. The number of aromatic nitrogens is 2. The molecule has 1 saturated heterocycles. The van der Waals surface area contributed by atoms with Gasteiger partial charge in [0.2, 0.25) is 5.91 Å². The van der Waals surface area contributed by atoms with E-state index in [0.717, 1.165) is 4.57 Å². The highest BCUT2D eigenvalue weighted by molar-refractivity contribution is 7.98. The Labute approximate surface area is 160 Å². The predicted molar refractivity (Wildman–Crippen MR) is 106 cm³/mol. The van der Waals surface area contributed by atoms with Gasteiger partial charge in [-0.1, -0.05) is 12.1 Å². The van der Waals surface area contributed by atoms with Crippen molar-refractivity contribution >= 4 is 38.4 Å². The summed E-state index contributed by atoms with van der Waals surface area (Å²) >= 11 is 1.50. The fourth-order valence-corrected chi connectivity index (χ4v) is 5.40. The normalized spacial score (nSPS) is 19.8. The van der Waals surface area contributed by atoms with Gasteiger partial charge < -0.3 is 10.3 Å². The molecule has 1 aromatic carbocycles. The van der Waals surface area contributed by atoms with Crippen LogP contribution in [0.3, 0.4) is 0 Å². The van der Waals surface area contributed by atoms with Crippen LogP contribution in [0, 0.1) is 0 Å². The Bertz CT molecular complexity index is 1070. The van der Waals surface area contributed by atoms with E-state index in [1.165, 1.54) is 11.8 Å². The minimum atomic E-state index is -3.15. The summed E-state index contributed by atoms with van der Waals surface area (Å²) in [6.45, 7) is 0. The first kappa shape index (κ1) is 19.7. The van der Waals surface area contributed by atoms with Gasteiger partial charge in [-0.25, -0.2) is 17.8 Å². The molecule has 2 unspecified atom stereocenters. The zero-order chi connectivity index (χ0) is 19.6. The Kier molecular flexibility index (Phi) is 5.75. The Morgan fingerprint density at radius 1 is 1.37 bits per heavy atom. The standard InChI is InChI=1S/C17H21N3O5S2/c1-26-8-6-14(15(21)18-11-7-9-27(24,25)10-11)20-16(22)12-4-2-3-5-13(12)19-17(20)23/h2-5,11,14H,6-10H2,1H3,(H,18,21)(H,19,23). The van der Waals surface area contributed by atoms with Crippen molar-refractivity contribution in [2.75, 3.05) is 23.5 Å². The van der Waals surface area contributed by atoms with E-state index in [9.17, 15) is 22.8 Å². The highest BCUT2D eigenvalue weighted by atomic mass is 32.2. The van der Waals surface area contributed by atoms with Crippen molar-refractivity contribution in [2.24, 2.45) is 0 Å². The molecule has 1 amide bonds. The van der Waals surface area contributed by atoms with Crippen LogP contribution in [0.15, 0.2) is 33.9 Å². The smallest absolute Gasteiger partial charge is 0.329 e. The minimum absolute atomic E-state index is 0.0317. The van der Waals surface area contributed by atoms with Crippen LogP contribution in [-0.4, -0.2) is 53.4 Å². The monoisotopic (exact) mass is 411 g/mol. The van der Waals surface area contributed by atoms with Crippen LogP contribution in [0.5, 0.6) is 0 Å². The van der Waals surface area contributed by atoms with Crippen molar-refractivity contribution in [3.63, 3.8) is 0 Å². The number of para-hydroxylation sites is 1. The average molecular weight is 412 g/mol. The lowest BCUT2D eigenvalue weighted by Gasteiger charge is -2.21. The molecule has 8 nitrogen and oxygen atoms in total. The quantitative estimate of drug-likeness (QED) is 0.705. The molecule has 3 rings (SSSR count). The van der Waals surface area contributed by atoms with Gasteiger partial charge in [0.25, 0.3) is 5.56 Å². The molecule has 1 fully saturated rings. The number of amides is 1. The number of carbonyl (C=O) groups is 1. The van der Waals surface area contributed by atoms with E-state index in [-0.39, 0.29) is 17.9 Å². The molecule has 2 heterocycles. The van der Waals surface area contributed by atoms with Crippen molar-refractivity contribution in [1.29, 1.82) is 0 Å². The van der Waals surface area contributed by atoms with Crippen molar-refractivity contribution < 1.29 is 13.2 Å². The largest absolute Gasteiger partial charge is 0.351 e. The van der Waals surface area contributed by atoms with Gasteiger partial charge in [-0.2, -0.15) is 11.8 Å². The number of fused-ring (bicyclic) bond motifs is 1. The number of benzene rings is 1. The zero-order valence-corrected chi connectivity index (χ0v) is 16.4. The Hall–Kier alpha value is -2.07. The molecule has 0 aliphatic carbocycles. The van der Waals surface area contributed by atoms with Crippen molar-refractivity contribution in [3.05, 3.63) is 45.1 Å². The maximum Gasteiger partial charge on any atom is 0.329 e. The molecule has 0 spiro atoms. The summed E-state index contributed by atoms with van der Waals surface area (Å²) < 4.78 is 24.2. The topological polar surface area (TPSA) is 118 Å². The van der Waals surface area contributed by atoms with Crippen LogP contribution in [0.25, 0.3) is 10.9 Å². The van der Waals surface area contributed by atoms with E-state index < -0.39 is 39.1 Å². The van der Waals surface area contributed by atoms with E-state index in [2.05, 4.69) is 10.3 Å². The average Bonchev–Trinajstić information content (AvgIpc) is 2.96. The number of carbonyl (C=O) groups excluding carboxylic acids is 1. The van der Waals surface area contributed by atoms with Crippen molar-refractivity contribution in [2.45, 2.75) is 24.9 Å². The Balaban J connectivity index is 1.97.